The summed E-state index contributed by atoms with van der Waals surface area (Å²) in [4.78, 5) is 23.7. The third-order valence-electron chi connectivity index (χ3n) is 3.50. The van der Waals surface area contributed by atoms with E-state index in [0.29, 0.717) is 11.1 Å². The number of hydrogen-bond donors (Lipinski definition) is 0. The lowest BCUT2D eigenvalue weighted by Crippen LogP contribution is -2.12. The second-order valence-electron chi connectivity index (χ2n) is 5.06. The van der Waals surface area contributed by atoms with Crippen molar-refractivity contribution in [1.82, 2.24) is 4.57 Å². The van der Waals surface area contributed by atoms with Gasteiger partial charge in [0.05, 0.1) is 5.52 Å². The summed E-state index contributed by atoms with van der Waals surface area (Å²) in [7, 11) is 0. The summed E-state index contributed by atoms with van der Waals surface area (Å²) in [6.07, 6.45) is 1.20. The van der Waals surface area contributed by atoms with Crippen LogP contribution in [0.3, 0.4) is 0 Å². The molecule has 0 saturated heterocycles. The average molecular weight is 293 g/mol. The van der Waals surface area contributed by atoms with E-state index in [9.17, 15) is 9.59 Å². The largest absolute Gasteiger partial charge is 0.444 e. The lowest BCUT2D eigenvalue weighted by atomic mass is 10.1. The molecule has 0 saturated carbocycles. The van der Waals surface area contributed by atoms with Crippen molar-refractivity contribution >= 4 is 22.8 Å². The molecular formula is C18H15NO3. The lowest BCUT2D eigenvalue weighted by Gasteiger charge is -2.07. The molecule has 0 fully saturated rings. The highest BCUT2D eigenvalue weighted by atomic mass is 16.5. The van der Waals surface area contributed by atoms with Crippen LogP contribution < -0.4 is 0 Å². The summed E-state index contributed by atoms with van der Waals surface area (Å²) in [6, 6.07) is 16.6. The van der Waals surface area contributed by atoms with E-state index in [1.165, 1.54) is 11.5 Å². The first kappa shape index (κ1) is 14.1. The molecule has 0 aliphatic heterocycles. The highest BCUT2D eigenvalue weighted by Gasteiger charge is 2.11. The molecule has 4 nitrogen and oxygen atoms in total. The van der Waals surface area contributed by atoms with E-state index in [2.05, 4.69) is 0 Å². The van der Waals surface area contributed by atoms with Gasteiger partial charge >= 0.3 is 6.09 Å². The number of carbonyl (C=O) groups excluding carboxylic acids is 2. The Hall–Kier alpha value is -2.88. The van der Waals surface area contributed by atoms with Crippen molar-refractivity contribution in [3.05, 3.63) is 71.9 Å². The van der Waals surface area contributed by atoms with Crippen LogP contribution in [0.4, 0.5) is 4.79 Å². The van der Waals surface area contributed by atoms with Crippen LogP contribution in [-0.4, -0.2) is 16.4 Å². The van der Waals surface area contributed by atoms with Crippen LogP contribution in [0.5, 0.6) is 0 Å². The number of hydrogen-bond acceptors (Lipinski definition) is 3. The van der Waals surface area contributed by atoms with Gasteiger partial charge in [0.25, 0.3) is 0 Å². The highest BCUT2D eigenvalue weighted by molar-refractivity contribution is 5.99. The van der Waals surface area contributed by atoms with Gasteiger partial charge in [-0.05, 0) is 24.6 Å². The van der Waals surface area contributed by atoms with Gasteiger partial charge in [-0.15, -0.1) is 0 Å². The molecule has 0 amide bonds. The summed E-state index contributed by atoms with van der Waals surface area (Å²) >= 11 is 0. The zero-order chi connectivity index (χ0) is 15.5. The van der Waals surface area contributed by atoms with E-state index >= 15 is 0 Å². The van der Waals surface area contributed by atoms with Crippen molar-refractivity contribution < 1.29 is 14.3 Å². The van der Waals surface area contributed by atoms with Gasteiger partial charge in [-0.1, -0.05) is 42.5 Å². The van der Waals surface area contributed by atoms with E-state index < -0.39 is 6.09 Å². The van der Waals surface area contributed by atoms with Crippen molar-refractivity contribution in [3.8, 4) is 0 Å². The molecular weight excluding hydrogens is 278 g/mol. The second kappa shape index (κ2) is 5.85. The lowest BCUT2D eigenvalue weighted by molar-refractivity contribution is 0.101. The first-order valence-corrected chi connectivity index (χ1v) is 6.98. The smallest absolute Gasteiger partial charge is 0.418 e. The van der Waals surface area contributed by atoms with Gasteiger partial charge in [0.1, 0.15) is 6.61 Å². The maximum absolute atomic E-state index is 12.2. The van der Waals surface area contributed by atoms with E-state index in [-0.39, 0.29) is 12.4 Å². The quantitative estimate of drug-likeness (QED) is 0.685. The Morgan fingerprint density at radius 2 is 1.82 bits per heavy atom. The second-order valence-corrected chi connectivity index (χ2v) is 5.06. The molecule has 0 spiro atoms. The molecule has 0 aliphatic rings. The summed E-state index contributed by atoms with van der Waals surface area (Å²) in [6.45, 7) is 1.72. The average Bonchev–Trinajstić information content (AvgIpc) is 2.96. The Morgan fingerprint density at radius 3 is 2.55 bits per heavy atom. The molecule has 22 heavy (non-hydrogen) atoms. The Balaban J connectivity index is 1.84. The maximum Gasteiger partial charge on any atom is 0.418 e. The molecule has 0 bridgehead atoms. The summed E-state index contributed by atoms with van der Waals surface area (Å²) in [5, 5.41) is 0.890. The fourth-order valence-corrected chi connectivity index (χ4v) is 2.30. The number of ether oxygens (including phenoxy) is 1. The van der Waals surface area contributed by atoms with E-state index in [0.717, 1.165) is 10.9 Å². The van der Waals surface area contributed by atoms with Crippen molar-refractivity contribution in [3.63, 3.8) is 0 Å². The summed E-state index contributed by atoms with van der Waals surface area (Å²) in [5.74, 6) is -0.0349. The standard InChI is InChI=1S/C18H15NO3/c1-13(20)16-8-7-15-9-10-19(17(15)11-16)18(21)22-12-14-5-3-2-4-6-14/h2-11H,12H2,1H3. The SMILES string of the molecule is CC(=O)c1ccc2ccn(C(=O)OCc3ccccc3)c2c1. The van der Waals surface area contributed by atoms with Gasteiger partial charge in [-0.2, -0.15) is 0 Å². The third-order valence-corrected chi connectivity index (χ3v) is 3.50. The van der Waals surface area contributed by atoms with E-state index in [1.807, 2.05) is 42.5 Å². The maximum atomic E-state index is 12.2. The van der Waals surface area contributed by atoms with Crippen molar-refractivity contribution in [2.75, 3.05) is 0 Å². The van der Waals surface area contributed by atoms with Gasteiger partial charge in [-0.3, -0.25) is 9.36 Å². The van der Waals surface area contributed by atoms with Gasteiger partial charge in [0.2, 0.25) is 0 Å². The van der Waals surface area contributed by atoms with Gasteiger partial charge in [0, 0.05) is 17.1 Å². The molecule has 0 atom stereocenters. The minimum Gasteiger partial charge on any atom is -0.444 e. The number of rotatable bonds is 3. The predicted octanol–water partition coefficient (Wildman–Crippen LogP) is 4.03. The fourth-order valence-electron chi connectivity index (χ4n) is 2.30. The Morgan fingerprint density at radius 1 is 1.05 bits per heavy atom. The number of benzene rings is 2. The number of nitrogens with zero attached hydrogens (tertiary/aromatic N) is 1. The molecule has 110 valence electrons. The monoisotopic (exact) mass is 293 g/mol. The zero-order valence-corrected chi connectivity index (χ0v) is 12.2. The van der Waals surface area contributed by atoms with Crippen LogP contribution in [0.25, 0.3) is 10.9 Å². The van der Waals surface area contributed by atoms with Crippen LogP contribution in [0.15, 0.2) is 60.8 Å². The third kappa shape index (κ3) is 2.76. The Kier molecular flexibility index (Phi) is 3.74. The van der Waals surface area contributed by atoms with Crippen LogP contribution in [0, 0.1) is 0 Å². The van der Waals surface area contributed by atoms with Crippen LogP contribution in [0.2, 0.25) is 0 Å². The minimum absolute atomic E-state index is 0.0349. The molecule has 0 unspecified atom stereocenters. The molecule has 1 aromatic heterocycles. The first-order chi connectivity index (χ1) is 10.6. The van der Waals surface area contributed by atoms with Crippen molar-refractivity contribution in [2.45, 2.75) is 13.5 Å². The van der Waals surface area contributed by atoms with Crippen LogP contribution in [-0.2, 0) is 11.3 Å². The van der Waals surface area contributed by atoms with Gasteiger partial charge < -0.3 is 4.74 Å². The van der Waals surface area contributed by atoms with Crippen LogP contribution >= 0.6 is 0 Å². The first-order valence-electron chi connectivity index (χ1n) is 6.98. The number of carbonyl (C=O) groups is 2. The Labute approximate surface area is 127 Å². The highest BCUT2D eigenvalue weighted by Crippen LogP contribution is 2.18. The molecule has 0 N–H and O–H groups in total. The normalized spacial score (nSPS) is 10.6. The topological polar surface area (TPSA) is 48.3 Å². The zero-order valence-electron chi connectivity index (χ0n) is 12.2. The van der Waals surface area contributed by atoms with Crippen LogP contribution in [0.1, 0.15) is 22.8 Å². The van der Waals surface area contributed by atoms with Gasteiger partial charge in [0.15, 0.2) is 5.78 Å². The fraction of sp³-hybridized carbons (Fsp3) is 0.111. The predicted molar refractivity (Wildman–Crippen MR) is 84.0 cm³/mol. The number of aromatic nitrogens is 1. The summed E-state index contributed by atoms with van der Waals surface area (Å²) in [5.41, 5.74) is 2.17. The van der Waals surface area contributed by atoms with Gasteiger partial charge in [-0.25, -0.2) is 4.79 Å². The molecule has 0 radical (unpaired) electrons. The van der Waals surface area contributed by atoms with E-state index in [4.69, 9.17) is 4.74 Å². The molecule has 2 aromatic carbocycles. The number of fused-ring (bicyclic) bond motifs is 1. The number of Topliss-reactive ketones (excluding diaryl/α,β-unsaturated/α-hetero) is 1. The molecule has 3 aromatic rings. The molecule has 1 heterocycles. The molecule has 4 heteroatoms. The van der Waals surface area contributed by atoms with E-state index in [1.54, 1.807) is 18.3 Å². The number of ketones is 1. The molecule has 3 rings (SSSR count). The molecule has 0 aliphatic carbocycles. The van der Waals surface area contributed by atoms with Crippen molar-refractivity contribution in [2.24, 2.45) is 0 Å². The Bertz CT molecular complexity index is 834. The summed E-state index contributed by atoms with van der Waals surface area (Å²) < 4.78 is 6.74. The minimum atomic E-state index is -0.459. The van der Waals surface area contributed by atoms with Crippen molar-refractivity contribution in [1.29, 1.82) is 0 Å².